The van der Waals surface area contributed by atoms with E-state index in [0.29, 0.717) is 10.8 Å². The minimum absolute atomic E-state index is 0.111. The molecule has 0 bridgehead atoms. The summed E-state index contributed by atoms with van der Waals surface area (Å²) in [7, 11) is 3.39. The second-order valence-corrected chi connectivity index (χ2v) is 7.52. The molecule has 0 radical (unpaired) electrons. The van der Waals surface area contributed by atoms with Gasteiger partial charge in [0, 0.05) is 19.0 Å². The highest BCUT2D eigenvalue weighted by molar-refractivity contribution is 7.18. The molecule has 2 atom stereocenters. The fourth-order valence-corrected chi connectivity index (χ4v) is 3.80. The summed E-state index contributed by atoms with van der Waals surface area (Å²) in [6.07, 6.45) is -0.170. The van der Waals surface area contributed by atoms with Crippen LogP contribution in [0.15, 0.2) is 41.6 Å². The summed E-state index contributed by atoms with van der Waals surface area (Å²) in [5.41, 5.74) is 1.71. The number of thiophene rings is 1. The average molecular weight is 379 g/mol. The zero-order valence-electron chi connectivity index (χ0n) is 14.2. The zero-order chi connectivity index (χ0) is 18.0. The molecule has 1 aromatic carbocycles. The molecule has 0 saturated carbocycles. The van der Waals surface area contributed by atoms with E-state index < -0.39 is 6.10 Å². The van der Waals surface area contributed by atoms with Crippen molar-refractivity contribution in [2.24, 2.45) is 5.16 Å². The molecular weight excluding hydrogens is 360 g/mol. The quantitative estimate of drug-likeness (QED) is 0.786. The molecule has 25 heavy (non-hydrogen) atoms. The molecule has 3 rings (SSSR count). The van der Waals surface area contributed by atoms with E-state index in [2.05, 4.69) is 5.16 Å². The van der Waals surface area contributed by atoms with E-state index in [1.165, 1.54) is 11.3 Å². The highest BCUT2D eigenvalue weighted by atomic mass is 35.5. The molecule has 0 fully saturated rings. The first-order valence-electron chi connectivity index (χ1n) is 7.89. The van der Waals surface area contributed by atoms with Gasteiger partial charge in [0.2, 0.25) is 6.10 Å². The van der Waals surface area contributed by atoms with Crippen LogP contribution in [0, 0.1) is 0 Å². The molecule has 1 amide bonds. The molecule has 2 aromatic rings. The van der Waals surface area contributed by atoms with Gasteiger partial charge in [0.15, 0.2) is 0 Å². The molecule has 0 saturated heterocycles. The number of oxime groups is 1. The van der Waals surface area contributed by atoms with Gasteiger partial charge in [-0.3, -0.25) is 4.79 Å². The van der Waals surface area contributed by atoms with Crippen LogP contribution in [0.3, 0.4) is 0 Å². The summed E-state index contributed by atoms with van der Waals surface area (Å²) in [6, 6.07) is 11.2. The Bertz CT molecular complexity index is 805. The maximum absolute atomic E-state index is 12.8. The molecule has 1 aromatic heterocycles. The minimum Gasteiger partial charge on any atom is -0.496 e. The van der Waals surface area contributed by atoms with Crippen LogP contribution in [-0.2, 0) is 9.63 Å². The second kappa shape index (κ2) is 7.45. The predicted molar refractivity (Wildman–Crippen MR) is 99.5 cm³/mol. The van der Waals surface area contributed by atoms with Crippen LogP contribution in [-0.4, -0.2) is 36.8 Å². The Hall–Kier alpha value is -2.05. The van der Waals surface area contributed by atoms with Crippen molar-refractivity contribution in [3.8, 4) is 5.75 Å². The van der Waals surface area contributed by atoms with E-state index >= 15 is 0 Å². The molecule has 132 valence electrons. The number of methoxy groups -OCH3 is 1. The average Bonchev–Trinajstić information content (AvgIpc) is 3.28. The van der Waals surface area contributed by atoms with Crippen molar-refractivity contribution in [2.45, 2.75) is 25.5 Å². The first kappa shape index (κ1) is 17.8. The van der Waals surface area contributed by atoms with Crippen molar-refractivity contribution in [3.63, 3.8) is 0 Å². The van der Waals surface area contributed by atoms with E-state index in [-0.39, 0.29) is 11.9 Å². The van der Waals surface area contributed by atoms with Gasteiger partial charge in [0.1, 0.15) is 11.5 Å². The summed E-state index contributed by atoms with van der Waals surface area (Å²) in [5, 5.41) is 4.07. The number of hydrogen-bond acceptors (Lipinski definition) is 5. The first-order chi connectivity index (χ1) is 12.0. The zero-order valence-corrected chi connectivity index (χ0v) is 15.8. The lowest BCUT2D eigenvalue weighted by Crippen LogP contribution is -2.38. The summed E-state index contributed by atoms with van der Waals surface area (Å²) < 4.78 is 6.09. The van der Waals surface area contributed by atoms with E-state index in [1.54, 1.807) is 19.1 Å². The number of rotatable bonds is 5. The van der Waals surface area contributed by atoms with Crippen molar-refractivity contribution in [1.82, 2.24) is 4.90 Å². The van der Waals surface area contributed by atoms with Gasteiger partial charge in [0.25, 0.3) is 5.91 Å². The summed E-state index contributed by atoms with van der Waals surface area (Å²) >= 11 is 7.39. The normalized spacial score (nSPS) is 17.6. The molecular formula is C18H19ClN2O3S. The Morgan fingerprint density at radius 3 is 2.84 bits per heavy atom. The predicted octanol–water partition coefficient (Wildman–Crippen LogP) is 4.12. The third-order valence-corrected chi connectivity index (χ3v) is 5.60. The fraction of sp³-hybridized carbons (Fsp3) is 0.333. The van der Waals surface area contributed by atoms with Crippen LogP contribution >= 0.6 is 22.9 Å². The largest absolute Gasteiger partial charge is 0.496 e. The van der Waals surface area contributed by atoms with Gasteiger partial charge in [-0.1, -0.05) is 35.0 Å². The lowest BCUT2D eigenvalue weighted by atomic mass is 10.0. The molecule has 2 unspecified atom stereocenters. The van der Waals surface area contributed by atoms with E-state index in [4.69, 9.17) is 21.2 Å². The van der Waals surface area contributed by atoms with Gasteiger partial charge in [-0.05, 0) is 25.1 Å². The SMILES string of the molecule is COc1ccccc1C(C)N(C)C(=O)C1CC(c2ccc(Cl)s2)=NO1. The van der Waals surface area contributed by atoms with Crippen LogP contribution in [0.4, 0.5) is 0 Å². The Balaban J connectivity index is 1.69. The lowest BCUT2D eigenvalue weighted by molar-refractivity contribution is -0.142. The minimum atomic E-state index is -0.613. The maximum Gasteiger partial charge on any atom is 0.267 e. The Kier molecular flexibility index (Phi) is 5.30. The van der Waals surface area contributed by atoms with Gasteiger partial charge in [-0.2, -0.15) is 0 Å². The maximum atomic E-state index is 12.8. The van der Waals surface area contributed by atoms with Crippen LogP contribution in [0.1, 0.15) is 29.8 Å². The number of amides is 1. The Labute approximate surface area is 155 Å². The number of nitrogens with zero attached hydrogens (tertiary/aromatic N) is 2. The van der Waals surface area contributed by atoms with Gasteiger partial charge in [-0.25, -0.2) is 0 Å². The topological polar surface area (TPSA) is 51.1 Å². The molecule has 0 aliphatic carbocycles. The van der Waals surface area contributed by atoms with Crippen molar-refractivity contribution in [3.05, 3.63) is 51.2 Å². The number of benzene rings is 1. The standard InChI is InChI=1S/C18H19ClN2O3S/c1-11(12-6-4-5-7-14(12)23-3)21(2)18(22)15-10-13(20-24-15)16-8-9-17(19)25-16/h4-9,11,15H,10H2,1-3H3. The first-order valence-corrected chi connectivity index (χ1v) is 9.08. The summed E-state index contributed by atoms with van der Waals surface area (Å²) in [5.74, 6) is 0.645. The molecule has 0 spiro atoms. The molecule has 2 heterocycles. The fourth-order valence-electron chi connectivity index (χ4n) is 2.76. The van der Waals surface area contributed by atoms with Crippen LogP contribution in [0.2, 0.25) is 4.34 Å². The second-order valence-electron chi connectivity index (χ2n) is 5.81. The van der Waals surface area contributed by atoms with Gasteiger partial charge < -0.3 is 14.5 Å². The van der Waals surface area contributed by atoms with Crippen LogP contribution < -0.4 is 4.74 Å². The summed E-state index contributed by atoms with van der Waals surface area (Å²) in [4.78, 5) is 20.8. The van der Waals surface area contributed by atoms with E-state index in [0.717, 1.165) is 21.9 Å². The van der Waals surface area contributed by atoms with Gasteiger partial charge >= 0.3 is 0 Å². The van der Waals surface area contributed by atoms with Crippen molar-refractivity contribution in [2.75, 3.05) is 14.2 Å². The number of likely N-dealkylation sites (N-methyl/N-ethyl adjacent to an activating group) is 1. The monoisotopic (exact) mass is 378 g/mol. The van der Waals surface area contributed by atoms with Crippen molar-refractivity contribution in [1.29, 1.82) is 0 Å². The van der Waals surface area contributed by atoms with E-state index in [9.17, 15) is 4.79 Å². The molecule has 5 nitrogen and oxygen atoms in total. The van der Waals surface area contributed by atoms with Crippen LogP contribution in [0.5, 0.6) is 5.75 Å². The molecule has 1 aliphatic heterocycles. The number of para-hydroxylation sites is 1. The molecule has 7 heteroatoms. The number of hydrogen-bond donors (Lipinski definition) is 0. The molecule has 0 N–H and O–H groups in total. The Morgan fingerprint density at radius 2 is 2.16 bits per heavy atom. The highest BCUT2D eigenvalue weighted by Gasteiger charge is 2.34. The molecule has 1 aliphatic rings. The Morgan fingerprint density at radius 1 is 1.40 bits per heavy atom. The van der Waals surface area contributed by atoms with Crippen LogP contribution in [0.25, 0.3) is 0 Å². The van der Waals surface area contributed by atoms with Gasteiger partial charge in [0.05, 0.1) is 22.4 Å². The van der Waals surface area contributed by atoms with Crippen molar-refractivity contribution < 1.29 is 14.4 Å². The number of carbonyl (C=O) groups excluding carboxylic acids is 1. The third-order valence-electron chi connectivity index (χ3n) is 4.32. The lowest BCUT2D eigenvalue weighted by Gasteiger charge is -2.28. The highest BCUT2D eigenvalue weighted by Crippen LogP contribution is 2.31. The van der Waals surface area contributed by atoms with E-state index in [1.807, 2.05) is 43.3 Å². The number of carbonyl (C=O) groups is 1. The number of halogens is 1. The third kappa shape index (κ3) is 3.65. The smallest absolute Gasteiger partial charge is 0.267 e. The van der Waals surface area contributed by atoms with Crippen molar-refractivity contribution >= 4 is 34.6 Å². The summed E-state index contributed by atoms with van der Waals surface area (Å²) in [6.45, 7) is 1.96. The number of ether oxygens (including phenoxy) is 1. The van der Waals surface area contributed by atoms with Gasteiger partial charge in [-0.15, -0.1) is 11.3 Å².